The van der Waals surface area contributed by atoms with Crippen molar-refractivity contribution >= 4 is 21.5 Å². The van der Waals surface area contributed by atoms with Crippen molar-refractivity contribution < 1.29 is 8.42 Å². The SMILES string of the molecule is O=S(=O)(NCc1nccs1)N1CCC(CNC2CC2)CC1. The molecule has 0 radical (unpaired) electrons. The summed E-state index contributed by atoms with van der Waals surface area (Å²) in [6.07, 6.45) is 6.17. The third-order valence-electron chi connectivity index (χ3n) is 4.08. The van der Waals surface area contributed by atoms with Gasteiger partial charge in [-0.15, -0.1) is 11.3 Å². The summed E-state index contributed by atoms with van der Waals surface area (Å²) >= 11 is 1.46. The molecule has 8 heteroatoms. The molecule has 1 saturated heterocycles. The Morgan fingerprint density at radius 3 is 2.67 bits per heavy atom. The highest BCUT2D eigenvalue weighted by Crippen LogP contribution is 2.22. The fraction of sp³-hybridized carbons (Fsp3) is 0.769. The van der Waals surface area contributed by atoms with Gasteiger partial charge in [0.1, 0.15) is 5.01 Å². The molecule has 0 amide bonds. The summed E-state index contributed by atoms with van der Waals surface area (Å²) in [5, 5.41) is 6.18. The van der Waals surface area contributed by atoms with Crippen LogP contribution in [0.3, 0.4) is 0 Å². The Bertz CT molecular complexity index is 535. The quantitative estimate of drug-likeness (QED) is 0.780. The second kappa shape index (κ2) is 6.70. The molecular formula is C13H22N4O2S2. The zero-order valence-corrected chi connectivity index (χ0v) is 13.6. The van der Waals surface area contributed by atoms with Crippen LogP contribution in [0, 0.1) is 5.92 Å². The largest absolute Gasteiger partial charge is 0.314 e. The van der Waals surface area contributed by atoms with Gasteiger partial charge in [-0.05, 0) is 38.1 Å². The topological polar surface area (TPSA) is 74.3 Å². The molecule has 0 bridgehead atoms. The van der Waals surface area contributed by atoms with Gasteiger partial charge >= 0.3 is 0 Å². The van der Waals surface area contributed by atoms with E-state index in [9.17, 15) is 8.42 Å². The lowest BCUT2D eigenvalue weighted by molar-refractivity contribution is 0.264. The molecule has 1 saturated carbocycles. The van der Waals surface area contributed by atoms with Gasteiger partial charge in [0, 0.05) is 30.7 Å². The fourth-order valence-corrected chi connectivity index (χ4v) is 4.40. The number of thiazole rings is 1. The van der Waals surface area contributed by atoms with E-state index in [1.54, 1.807) is 10.5 Å². The minimum absolute atomic E-state index is 0.281. The molecule has 0 aromatic carbocycles. The molecule has 6 nitrogen and oxygen atoms in total. The average Bonchev–Trinajstić information content (AvgIpc) is 3.17. The highest BCUT2D eigenvalue weighted by atomic mass is 32.2. The number of hydrogen-bond donors (Lipinski definition) is 2. The number of piperidine rings is 1. The predicted molar refractivity (Wildman–Crippen MR) is 83.2 cm³/mol. The van der Waals surface area contributed by atoms with Crippen LogP contribution in [-0.4, -0.2) is 43.4 Å². The second-order valence-corrected chi connectivity index (χ2v) is 8.51. The van der Waals surface area contributed by atoms with Crippen LogP contribution in [0.15, 0.2) is 11.6 Å². The number of nitrogens with one attached hydrogen (secondary N) is 2. The third kappa shape index (κ3) is 4.46. The van der Waals surface area contributed by atoms with Gasteiger partial charge in [-0.25, -0.2) is 4.98 Å². The van der Waals surface area contributed by atoms with Gasteiger partial charge in [0.2, 0.25) is 0 Å². The molecule has 2 fully saturated rings. The molecule has 1 aromatic heterocycles. The Labute approximate surface area is 130 Å². The Kier molecular flexibility index (Phi) is 4.90. The molecule has 2 aliphatic rings. The predicted octanol–water partition coefficient (Wildman–Crippen LogP) is 0.941. The molecule has 1 aromatic rings. The summed E-state index contributed by atoms with van der Waals surface area (Å²) in [6, 6.07) is 0.728. The van der Waals surface area contributed by atoms with Crippen molar-refractivity contribution in [3.63, 3.8) is 0 Å². The van der Waals surface area contributed by atoms with Gasteiger partial charge in [0.05, 0.1) is 6.54 Å². The van der Waals surface area contributed by atoms with E-state index in [-0.39, 0.29) is 6.54 Å². The van der Waals surface area contributed by atoms with Crippen LogP contribution in [0.25, 0.3) is 0 Å². The van der Waals surface area contributed by atoms with E-state index in [1.807, 2.05) is 5.38 Å². The van der Waals surface area contributed by atoms with Gasteiger partial charge in [-0.1, -0.05) is 0 Å². The maximum absolute atomic E-state index is 12.2. The molecular weight excluding hydrogens is 308 g/mol. The summed E-state index contributed by atoms with van der Waals surface area (Å²) in [6.45, 7) is 2.54. The Morgan fingerprint density at radius 2 is 2.05 bits per heavy atom. The van der Waals surface area contributed by atoms with Crippen molar-refractivity contribution in [3.05, 3.63) is 16.6 Å². The van der Waals surface area contributed by atoms with E-state index in [4.69, 9.17) is 0 Å². The number of rotatable bonds is 7. The van der Waals surface area contributed by atoms with Crippen molar-refractivity contribution in [2.45, 2.75) is 38.3 Å². The lowest BCUT2D eigenvalue weighted by atomic mass is 9.98. The molecule has 1 aliphatic carbocycles. The monoisotopic (exact) mass is 330 g/mol. The van der Waals surface area contributed by atoms with Gasteiger partial charge in [0.15, 0.2) is 0 Å². The smallest absolute Gasteiger partial charge is 0.279 e. The van der Waals surface area contributed by atoms with Crippen LogP contribution in [0.4, 0.5) is 0 Å². The third-order valence-corrected chi connectivity index (χ3v) is 6.41. The molecule has 2 N–H and O–H groups in total. The minimum atomic E-state index is -3.37. The van der Waals surface area contributed by atoms with E-state index in [1.165, 1.54) is 24.2 Å². The molecule has 21 heavy (non-hydrogen) atoms. The molecule has 0 spiro atoms. The Balaban J connectivity index is 1.43. The van der Waals surface area contributed by atoms with E-state index in [2.05, 4.69) is 15.0 Å². The van der Waals surface area contributed by atoms with Crippen molar-refractivity contribution in [2.24, 2.45) is 5.92 Å². The Hall–Kier alpha value is -0.540. The highest BCUT2D eigenvalue weighted by molar-refractivity contribution is 7.87. The molecule has 2 heterocycles. The van der Waals surface area contributed by atoms with Gasteiger partial charge in [-0.2, -0.15) is 17.4 Å². The van der Waals surface area contributed by atoms with Crippen LogP contribution in [-0.2, 0) is 16.8 Å². The zero-order valence-electron chi connectivity index (χ0n) is 12.0. The van der Waals surface area contributed by atoms with E-state index in [0.29, 0.717) is 19.0 Å². The van der Waals surface area contributed by atoms with Crippen LogP contribution < -0.4 is 10.0 Å². The van der Waals surface area contributed by atoms with Gasteiger partial charge in [0.25, 0.3) is 10.2 Å². The van der Waals surface area contributed by atoms with Crippen molar-refractivity contribution in [1.29, 1.82) is 0 Å². The lowest BCUT2D eigenvalue weighted by Gasteiger charge is -2.31. The van der Waals surface area contributed by atoms with Crippen molar-refractivity contribution in [3.8, 4) is 0 Å². The minimum Gasteiger partial charge on any atom is -0.314 e. The van der Waals surface area contributed by atoms with Crippen molar-refractivity contribution in [1.82, 2.24) is 19.3 Å². The van der Waals surface area contributed by atoms with E-state index in [0.717, 1.165) is 30.4 Å². The zero-order chi connectivity index (χ0) is 14.7. The molecule has 1 aliphatic heterocycles. The maximum atomic E-state index is 12.2. The van der Waals surface area contributed by atoms with Crippen LogP contribution >= 0.6 is 11.3 Å². The highest BCUT2D eigenvalue weighted by Gasteiger charge is 2.29. The van der Waals surface area contributed by atoms with Crippen LogP contribution in [0.5, 0.6) is 0 Å². The maximum Gasteiger partial charge on any atom is 0.279 e. The summed E-state index contributed by atoms with van der Waals surface area (Å²) < 4.78 is 28.7. The van der Waals surface area contributed by atoms with Gasteiger partial charge in [-0.3, -0.25) is 0 Å². The first kappa shape index (κ1) is 15.4. The first-order chi connectivity index (χ1) is 10.1. The summed E-state index contributed by atoms with van der Waals surface area (Å²) in [4.78, 5) is 4.09. The average molecular weight is 330 g/mol. The summed E-state index contributed by atoms with van der Waals surface area (Å²) in [7, 11) is -3.37. The molecule has 0 atom stereocenters. The number of nitrogens with zero attached hydrogens (tertiary/aromatic N) is 2. The number of aromatic nitrogens is 1. The van der Waals surface area contributed by atoms with E-state index < -0.39 is 10.2 Å². The second-order valence-electron chi connectivity index (χ2n) is 5.78. The van der Waals surface area contributed by atoms with Crippen molar-refractivity contribution in [2.75, 3.05) is 19.6 Å². The first-order valence-corrected chi connectivity index (χ1v) is 9.82. The molecule has 3 rings (SSSR count). The standard InChI is InChI=1S/C13H22N4O2S2/c18-21(19,16-10-13-14-5-8-20-13)17-6-3-11(4-7-17)9-15-12-1-2-12/h5,8,11-12,15-16H,1-4,6-7,9-10H2. The lowest BCUT2D eigenvalue weighted by Crippen LogP contribution is -2.46. The first-order valence-electron chi connectivity index (χ1n) is 7.50. The van der Waals surface area contributed by atoms with Crippen LogP contribution in [0.1, 0.15) is 30.7 Å². The van der Waals surface area contributed by atoms with Gasteiger partial charge < -0.3 is 5.32 Å². The Morgan fingerprint density at radius 1 is 1.29 bits per heavy atom. The van der Waals surface area contributed by atoms with Crippen LogP contribution in [0.2, 0.25) is 0 Å². The van der Waals surface area contributed by atoms with E-state index >= 15 is 0 Å². The molecule has 0 unspecified atom stereocenters. The summed E-state index contributed by atoms with van der Waals surface area (Å²) in [5.41, 5.74) is 0. The number of hydrogen-bond acceptors (Lipinski definition) is 5. The fourth-order valence-electron chi connectivity index (χ4n) is 2.56. The normalized spacial score (nSPS) is 21.7. The molecule has 118 valence electrons. The summed E-state index contributed by atoms with van der Waals surface area (Å²) in [5.74, 6) is 0.607.